The SMILES string of the molecule is CC(=O)N(CC(=O)O)C1CCCN(C(=O)C(C)CC2CCCCC2)CC1. The fourth-order valence-corrected chi connectivity index (χ4v) is 4.59. The zero-order valence-corrected chi connectivity index (χ0v) is 16.3. The second-order valence-electron chi connectivity index (χ2n) is 8.09. The lowest BCUT2D eigenvalue weighted by Crippen LogP contribution is -2.43. The van der Waals surface area contributed by atoms with Gasteiger partial charge in [0.25, 0.3) is 0 Å². The molecule has 0 spiro atoms. The Morgan fingerprint density at radius 2 is 1.73 bits per heavy atom. The molecule has 1 saturated carbocycles. The number of nitrogens with zero attached hydrogens (tertiary/aromatic N) is 2. The summed E-state index contributed by atoms with van der Waals surface area (Å²) in [6.07, 6.45) is 9.64. The molecule has 1 saturated heterocycles. The van der Waals surface area contributed by atoms with Crippen LogP contribution in [0.2, 0.25) is 0 Å². The van der Waals surface area contributed by atoms with Gasteiger partial charge in [-0.15, -0.1) is 0 Å². The van der Waals surface area contributed by atoms with Crippen molar-refractivity contribution in [2.75, 3.05) is 19.6 Å². The van der Waals surface area contributed by atoms with Crippen LogP contribution in [0, 0.1) is 11.8 Å². The fourth-order valence-electron chi connectivity index (χ4n) is 4.59. The molecule has 1 heterocycles. The van der Waals surface area contributed by atoms with Gasteiger partial charge in [-0.2, -0.15) is 0 Å². The van der Waals surface area contributed by atoms with Crippen LogP contribution in [-0.4, -0.2) is 58.4 Å². The van der Waals surface area contributed by atoms with E-state index in [9.17, 15) is 14.4 Å². The quantitative estimate of drug-likeness (QED) is 0.784. The predicted octanol–water partition coefficient (Wildman–Crippen LogP) is 2.91. The van der Waals surface area contributed by atoms with Gasteiger partial charge in [-0.3, -0.25) is 14.4 Å². The number of carboxylic acids is 1. The summed E-state index contributed by atoms with van der Waals surface area (Å²) in [6.45, 7) is 4.53. The molecule has 0 aromatic rings. The lowest BCUT2D eigenvalue weighted by Gasteiger charge is -2.30. The summed E-state index contributed by atoms with van der Waals surface area (Å²) >= 11 is 0. The summed E-state index contributed by atoms with van der Waals surface area (Å²) in [6, 6.07) is -0.0879. The van der Waals surface area contributed by atoms with Gasteiger partial charge in [0.15, 0.2) is 0 Å². The Labute approximate surface area is 156 Å². The van der Waals surface area contributed by atoms with Crippen LogP contribution < -0.4 is 0 Å². The van der Waals surface area contributed by atoms with E-state index in [1.807, 2.05) is 11.8 Å². The van der Waals surface area contributed by atoms with Crippen LogP contribution >= 0.6 is 0 Å². The van der Waals surface area contributed by atoms with Crippen molar-refractivity contribution < 1.29 is 19.5 Å². The van der Waals surface area contributed by atoms with Crippen LogP contribution in [0.15, 0.2) is 0 Å². The van der Waals surface area contributed by atoms with Gasteiger partial charge in [0.05, 0.1) is 0 Å². The molecule has 2 aliphatic rings. The van der Waals surface area contributed by atoms with Crippen LogP contribution in [0.1, 0.15) is 71.6 Å². The van der Waals surface area contributed by atoms with E-state index in [0.29, 0.717) is 25.4 Å². The van der Waals surface area contributed by atoms with E-state index in [4.69, 9.17) is 5.11 Å². The number of hydrogen-bond acceptors (Lipinski definition) is 3. The van der Waals surface area contributed by atoms with Crippen LogP contribution in [0.3, 0.4) is 0 Å². The maximum absolute atomic E-state index is 12.9. The molecule has 0 bridgehead atoms. The fraction of sp³-hybridized carbons (Fsp3) is 0.850. The van der Waals surface area contributed by atoms with Crippen molar-refractivity contribution in [1.29, 1.82) is 0 Å². The average molecular weight is 367 g/mol. The van der Waals surface area contributed by atoms with Crippen LogP contribution in [0.4, 0.5) is 0 Å². The molecule has 1 aliphatic carbocycles. The van der Waals surface area contributed by atoms with E-state index in [2.05, 4.69) is 0 Å². The van der Waals surface area contributed by atoms with E-state index in [-0.39, 0.29) is 30.3 Å². The zero-order valence-electron chi connectivity index (χ0n) is 16.3. The first-order valence-electron chi connectivity index (χ1n) is 10.2. The van der Waals surface area contributed by atoms with Crippen molar-refractivity contribution in [3.8, 4) is 0 Å². The van der Waals surface area contributed by atoms with Crippen molar-refractivity contribution in [3.63, 3.8) is 0 Å². The van der Waals surface area contributed by atoms with Crippen LogP contribution in [0.25, 0.3) is 0 Å². The third-order valence-corrected chi connectivity index (χ3v) is 5.99. The van der Waals surface area contributed by atoms with Crippen LogP contribution in [-0.2, 0) is 14.4 Å². The Bertz CT molecular complexity index is 502. The number of likely N-dealkylation sites (tertiary alicyclic amines) is 1. The highest BCUT2D eigenvalue weighted by Gasteiger charge is 2.30. The lowest BCUT2D eigenvalue weighted by molar-refractivity contribution is -0.145. The Morgan fingerprint density at radius 3 is 2.35 bits per heavy atom. The number of carbonyl (C=O) groups excluding carboxylic acids is 2. The van der Waals surface area contributed by atoms with E-state index in [1.165, 1.54) is 43.9 Å². The monoisotopic (exact) mass is 366 g/mol. The zero-order chi connectivity index (χ0) is 19.1. The highest BCUT2D eigenvalue weighted by atomic mass is 16.4. The molecule has 1 aliphatic heterocycles. The van der Waals surface area contributed by atoms with Gasteiger partial charge in [0, 0.05) is 32.0 Å². The molecular formula is C20H34N2O4. The molecule has 6 heteroatoms. The predicted molar refractivity (Wildman–Crippen MR) is 99.6 cm³/mol. The Balaban J connectivity index is 1.88. The Kier molecular flexibility index (Phi) is 7.91. The van der Waals surface area contributed by atoms with E-state index >= 15 is 0 Å². The van der Waals surface area contributed by atoms with Crippen LogP contribution in [0.5, 0.6) is 0 Å². The smallest absolute Gasteiger partial charge is 0.323 e. The number of carboxylic acid groups (broad SMARTS) is 1. The van der Waals surface area contributed by atoms with E-state index in [0.717, 1.165) is 19.3 Å². The summed E-state index contributed by atoms with van der Waals surface area (Å²) in [4.78, 5) is 39.1. The largest absolute Gasteiger partial charge is 0.480 e. The van der Waals surface area contributed by atoms with Gasteiger partial charge >= 0.3 is 5.97 Å². The second-order valence-corrected chi connectivity index (χ2v) is 8.09. The van der Waals surface area contributed by atoms with Crippen molar-refractivity contribution in [1.82, 2.24) is 9.80 Å². The van der Waals surface area contributed by atoms with Crippen molar-refractivity contribution in [2.24, 2.45) is 11.8 Å². The molecule has 0 aromatic carbocycles. The summed E-state index contributed by atoms with van der Waals surface area (Å²) < 4.78 is 0. The maximum atomic E-state index is 12.9. The molecule has 148 valence electrons. The minimum absolute atomic E-state index is 0.0533. The summed E-state index contributed by atoms with van der Waals surface area (Å²) in [5.41, 5.74) is 0. The second kappa shape index (κ2) is 9.93. The van der Waals surface area contributed by atoms with E-state index < -0.39 is 5.97 Å². The molecule has 2 unspecified atom stereocenters. The normalized spacial score (nSPS) is 23.2. The molecule has 1 N–H and O–H groups in total. The third-order valence-electron chi connectivity index (χ3n) is 5.99. The molecule has 2 amide bonds. The van der Waals surface area contributed by atoms with Crippen molar-refractivity contribution >= 4 is 17.8 Å². The molecule has 26 heavy (non-hydrogen) atoms. The Morgan fingerprint density at radius 1 is 1.04 bits per heavy atom. The van der Waals surface area contributed by atoms with Gasteiger partial charge in [0.2, 0.25) is 11.8 Å². The minimum Gasteiger partial charge on any atom is -0.480 e. The number of rotatable bonds is 6. The maximum Gasteiger partial charge on any atom is 0.323 e. The molecule has 2 fully saturated rings. The number of amides is 2. The van der Waals surface area contributed by atoms with Crippen molar-refractivity contribution in [2.45, 2.75) is 77.7 Å². The molecule has 6 nitrogen and oxygen atoms in total. The molecular weight excluding hydrogens is 332 g/mol. The molecule has 0 aromatic heterocycles. The Hall–Kier alpha value is -1.59. The topological polar surface area (TPSA) is 77.9 Å². The number of aliphatic carboxylic acids is 1. The first-order chi connectivity index (χ1) is 12.4. The van der Waals surface area contributed by atoms with Gasteiger partial charge in [0.1, 0.15) is 6.54 Å². The first-order valence-corrected chi connectivity index (χ1v) is 10.2. The van der Waals surface area contributed by atoms with E-state index in [1.54, 1.807) is 0 Å². The molecule has 2 atom stereocenters. The summed E-state index contributed by atoms with van der Waals surface area (Å²) in [5.74, 6) is -0.228. The van der Waals surface area contributed by atoms with Gasteiger partial charge < -0.3 is 14.9 Å². The van der Waals surface area contributed by atoms with Gasteiger partial charge in [-0.1, -0.05) is 39.0 Å². The number of carbonyl (C=O) groups is 3. The standard InChI is InChI=1S/C20H34N2O4/c1-15(13-17-7-4-3-5-8-17)20(26)21-11-6-9-18(10-12-21)22(16(2)23)14-19(24)25/h15,17-18H,3-14H2,1-2H3,(H,24,25). The third kappa shape index (κ3) is 5.99. The van der Waals surface area contributed by atoms with Crippen molar-refractivity contribution in [3.05, 3.63) is 0 Å². The lowest BCUT2D eigenvalue weighted by atomic mass is 9.83. The average Bonchev–Trinajstić information content (AvgIpc) is 2.85. The van der Waals surface area contributed by atoms with Gasteiger partial charge in [-0.25, -0.2) is 0 Å². The van der Waals surface area contributed by atoms with Gasteiger partial charge in [-0.05, 0) is 31.6 Å². The highest BCUT2D eigenvalue weighted by molar-refractivity contribution is 5.80. The summed E-state index contributed by atoms with van der Waals surface area (Å²) in [5, 5.41) is 9.04. The highest BCUT2D eigenvalue weighted by Crippen LogP contribution is 2.30. The summed E-state index contributed by atoms with van der Waals surface area (Å²) in [7, 11) is 0. The number of hydrogen-bond donors (Lipinski definition) is 1. The molecule has 0 radical (unpaired) electrons. The molecule has 2 rings (SSSR count). The first kappa shape index (κ1) is 20.7. The minimum atomic E-state index is -0.988.